The summed E-state index contributed by atoms with van der Waals surface area (Å²) in [5, 5.41) is 0. The molecule has 0 radical (unpaired) electrons. The van der Waals surface area contributed by atoms with Gasteiger partial charge in [-0.1, -0.05) is 77.6 Å². The number of carbonyl (C=O) groups excluding carboxylic acids is 3. The van der Waals surface area contributed by atoms with Gasteiger partial charge in [0.05, 0.1) is 6.61 Å². The quantitative estimate of drug-likeness (QED) is 0.0686. The summed E-state index contributed by atoms with van der Waals surface area (Å²) in [6, 6.07) is 2.39. The average molecular weight is 591 g/mol. The molecule has 8 nitrogen and oxygen atoms in total. The van der Waals surface area contributed by atoms with E-state index < -0.39 is 55.3 Å². The van der Waals surface area contributed by atoms with Crippen molar-refractivity contribution < 1.29 is 64.1 Å². The largest absolute Gasteiger partial charge is 0.490 e. The summed E-state index contributed by atoms with van der Waals surface area (Å²) in [4.78, 5) is 34.0. The number of hydrogen-bond acceptors (Lipinski definition) is 8. The maximum atomic E-state index is 12.3. The molecule has 0 atom stereocenters. The van der Waals surface area contributed by atoms with Crippen LogP contribution < -0.4 is 4.74 Å². The first kappa shape index (κ1) is 35.1. The fourth-order valence-corrected chi connectivity index (χ4v) is 3.45. The van der Waals surface area contributed by atoms with Gasteiger partial charge in [0.25, 0.3) is 5.95 Å². The van der Waals surface area contributed by atoms with Crippen LogP contribution in [0.15, 0.2) is 16.5 Å². The Morgan fingerprint density at radius 1 is 0.725 bits per heavy atom. The molecule has 0 saturated carbocycles. The van der Waals surface area contributed by atoms with Crippen LogP contribution in [-0.2, 0) is 23.8 Å². The van der Waals surface area contributed by atoms with Gasteiger partial charge in [-0.05, 0) is 12.5 Å². The Hall–Kier alpha value is -2.93. The normalized spacial score (nSPS) is 11.9. The van der Waals surface area contributed by atoms with Gasteiger partial charge in [-0.2, -0.15) is 26.3 Å². The predicted octanol–water partition coefficient (Wildman–Crippen LogP) is 7.10. The van der Waals surface area contributed by atoms with Gasteiger partial charge in [0.1, 0.15) is 13.2 Å². The summed E-state index contributed by atoms with van der Waals surface area (Å²) in [7, 11) is 0. The van der Waals surface area contributed by atoms with Crippen molar-refractivity contribution in [3.8, 4) is 5.95 Å². The third-order valence-electron chi connectivity index (χ3n) is 5.56. The van der Waals surface area contributed by atoms with Crippen molar-refractivity contribution in [3.05, 3.63) is 17.9 Å². The molecular formula is C26H36F6O8. The second-order valence-corrected chi connectivity index (χ2v) is 9.08. The minimum absolute atomic E-state index is 0.0569. The molecule has 14 heteroatoms. The zero-order valence-electron chi connectivity index (χ0n) is 22.4. The fraction of sp³-hybridized carbons (Fsp3) is 0.731. The molecule has 0 bridgehead atoms. The van der Waals surface area contributed by atoms with Crippen LogP contribution in [-0.4, -0.2) is 56.2 Å². The number of halogens is 6. The molecule has 0 aliphatic heterocycles. The third-order valence-corrected chi connectivity index (χ3v) is 5.56. The maximum Gasteiger partial charge on any atom is 0.490 e. The van der Waals surface area contributed by atoms with Crippen LogP contribution in [0.3, 0.4) is 0 Å². The van der Waals surface area contributed by atoms with Crippen molar-refractivity contribution in [2.75, 3.05) is 19.8 Å². The minimum atomic E-state index is -5.40. The summed E-state index contributed by atoms with van der Waals surface area (Å²) in [5.74, 6) is -7.22. The highest BCUT2D eigenvalue weighted by molar-refractivity contribution is 5.86. The Morgan fingerprint density at radius 3 is 1.62 bits per heavy atom. The lowest BCUT2D eigenvalue weighted by Crippen LogP contribution is -2.36. The summed E-state index contributed by atoms with van der Waals surface area (Å²) in [5.41, 5.74) is 0. The number of carbonyl (C=O) groups is 3. The van der Waals surface area contributed by atoms with Gasteiger partial charge in [-0.3, -0.25) is 0 Å². The van der Waals surface area contributed by atoms with Crippen molar-refractivity contribution in [1.82, 2.24) is 0 Å². The van der Waals surface area contributed by atoms with Crippen LogP contribution in [0.4, 0.5) is 26.3 Å². The van der Waals surface area contributed by atoms with Crippen molar-refractivity contribution >= 4 is 17.9 Å². The topological polar surface area (TPSA) is 101 Å². The highest BCUT2D eigenvalue weighted by Gasteiger charge is 2.43. The molecule has 1 rings (SSSR count). The average Bonchev–Trinajstić information content (AvgIpc) is 3.36. The Bertz CT molecular complexity index is 851. The van der Waals surface area contributed by atoms with Crippen LogP contribution in [0.5, 0.6) is 5.95 Å². The van der Waals surface area contributed by atoms with E-state index in [2.05, 4.69) is 16.4 Å². The smallest absolute Gasteiger partial charge is 0.465 e. The standard InChI is InChI=1S/C26H36F6O8/c1-2-3-4-5-6-7-8-9-10-11-12-13-16-36-21-15-14-20(40-21)22(33)39-19(17-37-23(34)25(27,28)29)18-38-24(35)26(30,31)32/h14-15,19H,2-13,16-18H2,1H3. The number of furan rings is 1. The van der Waals surface area contributed by atoms with E-state index in [4.69, 9.17) is 13.9 Å². The molecule has 1 aromatic heterocycles. The van der Waals surface area contributed by atoms with E-state index in [-0.39, 0.29) is 5.95 Å². The number of ether oxygens (including phenoxy) is 4. The highest BCUT2D eigenvalue weighted by atomic mass is 19.4. The first-order valence-corrected chi connectivity index (χ1v) is 13.3. The molecule has 230 valence electrons. The molecule has 0 aromatic carbocycles. The van der Waals surface area contributed by atoms with Crippen molar-refractivity contribution in [3.63, 3.8) is 0 Å². The molecular weight excluding hydrogens is 554 g/mol. The van der Waals surface area contributed by atoms with E-state index in [1.807, 2.05) is 0 Å². The van der Waals surface area contributed by atoms with Crippen molar-refractivity contribution in [2.45, 2.75) is 102 Å². The Balaban J connectivity index is 2.40. The van der Waals surface area contributed by atoms with E-state index in [0.29, 0.717) is 6.61 Å². The second kappa shape index (κ2) is 18.4. The van der Waals surface area contributed by atoms with Crippen molar-refractivity contribution in [2.24, 2.45) is 0 Å². The van der Waals surface area contributed by atoms with Crippen LogP contribution in [0, 0.1) is 0 Å². The number of hydrogen-bond donors (Lipinski definition) is 0. The van der Waals surface area contributed by atoms with Crippen LogP contribution in [0.2, 0.25) is 0 Å². The molecule has 40 heavy (non-hydrogen) atoms. The summed E-state index contributed by atoms with van der Waals surface area (Å²) in [6.07, 6.45) is 1.14. The monoisotopic (exact) mass is 590 g/mol. The zero-order valence-corrected chi connectivity index (χ0v) is 22.4. The number of unbranched alkanes of at least 4 members (excludes halogenated alkanes) is 11. The first-order chi connectivity index (χ1) is 18.8. The molecule has 0 aliphatic carbocycles. The number of esters is 3. The third kappa shape index (κ3) is 15.6. The SMILES string of the molecule is CCCCCCCCCCCCCCOc1ccc(C(=O)OC(COC(=O)C(F)(F)F)COC(=O)C(F)(F)F)o1. The van der Waals surface area contributed by atoms with Gasteiger partial charge in [-0.15, -0.1) is 0 Å². The lowest BCUT2D eigenvalue weighted by molar-refractivity contribution is -0.207. The second-order valence-electron chi connectivity index (χ2n) is 9.08. The summed E-state index contributed by atoms with van der Waals surface area (Å²) >= 11 is 0. The van der Waals surface area contributed by atoms with Crippen LogP contribution >= 0.6 is 0 Å². The molecule has 1 aromatic rings. The summed E-state index contributed by atoms with van der Waals surface area (Å²) < 4.78 is 97.0. The maximum absolute atomic E-state index is 12.3. The van der Waals surface area contributed by atoms with Gasteiger partial charge < -0.3 is 23.4 Å². The molecule has 0 unspecified atom stereocenters. The van der Waals surface area contributed by atoms with Crippen molar-refractivity contribution in [1.29, 1.82) is 0 Å². The molecule has 0 N–H and O–H groups in total. The molecule has 0 aliphatic rings. The highest BCUT2D eigenvalue weighted by Crippen LogP contribution is 2.21. The summed E-state index contributed by atoms with van der Waals surface area (Å²) in [6.45, 7) is -0.180. The molecule has 0 spiro atoms. The Morgan fingerprint density at radius 2 is 1.18 bits per heavy atom. The lowest BCUT2D eigenvalue weighted by atomic mass is 10.1. The first-order valence-electron chi connectivity index (χ1n) is 13.3. The van der Waals surface area contributed by atoms with E-state index >= 15 is 0 Å². The Kier molecular flexibility index (Phi) is 16.2. The number of alkyl halides is 6. The van der Waals surface area contributed by atoms with Crippen LogP contribution in [0.25, 0.3) is 0 Å². The van der Waals surface area contributed by atoms with E-state index in [1.54, 1.807) is 0 Å². The van der Waals surface area contributed by atoms with Gasteiger partial charge in [0.15, 0.2) is 6.10 Å². The minimum Gasteiger partial charge on any atom is -0.465 e. The number of rotatable bonds is 20. The van der Waals surface area contributed by atoms with Crippen LogP contribution in [0.1, 0.15) is 94.5 Å². The molecule has 0 saturated heterocycles. The molecule has 1 heterocycles. The molecule has 0 fully saturated rings. The van der Waals surface area contributed by atoms with E-state index in [1.165, 1.54) is 57.4 Å². The zero-order chi connectivity index (χ0) is 30.0. The van der Waals surface area contributed by atoms with Gasteiger partial charge in [0, 0.05) is 6.07 Å². The predicted molar refractivity (Wildman–Crippen MR) is 129 cm³/mol. The lowest BCUT2D eigenvalue weighted by Gasteiger charge is -2.18. The van der Waals surface area contributed by atoms with Gasteiger partial charge >= 0.3 is 30.3 Å². The molecule has 0 amide bonds. The fourth-order valence-electron chi connectivity index (χ4n) is 3.45. The van der Waals surface area contributed by atoms with E-state index in [9.17, 15) is 40.7 Å². The Labute approximate surface area is 228 Å². The van der Waals surface area contributed by atoms with Gasteiger partial charge in [-0.25, -0.2) is 14.4 Å². The van der Waals surface area contributed by atoms with Gasteiger partial charge in [0.2, 0.25) is 5.76 Å². The van der Waals surface area contributed by atoms with E-state index in [0.717, 1.165) is 31.7 Å².